The number of benzene rings is 1. The van der Waals surface area contributed by atoms with Crippen LogP contribution in [-0.4, -0.2) is 68.0 Å². The van der Waals surface area contributed by atoms with Crippen molar-refractivity contribution in [3.63, 3.8) is 0 Å². The molecular weight excluding hydrogens is 394 g/mol. The largest absolute Gasteiger partial charge is 0.378 e. The Hall–Kier alpha value is -2.25. The van der Waals surface area contributed by atoms with Gasteiger partial charge in [-0.25, -0.2) is 4.98 Å². The molecule has 0 spiro atoms. The molecule has 4 rings (SSSR count). The molecule has 160 valence electrons. The van der Waals surface area contributed by atoms with E-state index in [4.69, 9.17) is 4.74 Å². The third-order valence-electron chi connectivity index (χ3n) is 5.64. The summed E-state index contributed by atoms with van der Waals surface area (Å²) >= 11 is 1.96. The van der Waals surface area contributed by atoms with Crippen molar-refractivity contribution in [1.82, 2.24) is 15.2 Å². The van der Waals surface area contributed by atoms with Crippen molar-refractivity contribution in [1.29, 1.82) is 0 Å². The van der Waals surface area contributed by atoms with Crippen LogP contribution in [0.2, 0.25) is 0 Å². The molecule has 0 aliphatic carbocycles. The van der Waals surface area contributed by atoms with Gasteiger partial charge in [0.05, 0.1) is 13.2 Å². The number of nitrogens with zero attached hydrogens (tertiary/aromatic N) is 4. The minimum Gasteiger partial charge on any atom is -0.378 e. The van der Waals surface area contributed by atoms with Crippen molar-refractivity contribution >= 4 is 23.5 Å². The van der Waals surface area contributed by atoms with Crippen LogP contribution in [0.15, 0.2) is 58.5 Å². The number of guanidine groups is 1. The molecule has 0 saturated carbocycles. The number of ether oxygens (including phenoxy) is 1. The summed E-state index contributed by atoms with van der Waals surface area (Å²) < 4.78 is 5.49. The molecule has 30 heavy (non-hydrogen) atoms. The quantitative estimate of drug-likeness (QED) is 0.436. The van der Waals surface area contributed by atoms with Gasteiger partial charge in [0.25, 0.3) is 0 Å². The van der Waals surface area contributed by atoms with Crippen LogP contribution in [0.1, 0.15) is 12.0 Å². The number of nitrogens with one attached hydrogen (secondary N) is 1. The fourth-order valence-corrected chi connectivity index (χ4v) is 5.08. The molecule has 1 aromatic carbocycles. The Morgan fingerprint density at radius 2 is 2.00 bits per heavy atom. The second-order valence-electron chi connectivity index (χ2n) is 7.71. The first-order valence-corrected chi connectivity index (χ1v) is 11.7. The van der Waals surface area contributed by atoms with E-state index in [-0.39, 0.29) is 0 Å². The zero-order valence-electron chi connectivity index (χ0n) is 17.7. The lowest BCUT2D eigenvalue weighted by molar-refractivity contribution is 0.122. The number of thioether (sulfide) groups is 1. The monoisotopic (exact) mass is 425 g/mol. The van der Waals surface area contributed by atoms with Crippen LogP contribution in [0.25, 0.3) is 0 Å². The number of morpholine rings is 1. The van der Waals surface area contributed by atoms with Crippen molar-refractivity contribution in [3.8, 4) is 0 Å². The molecule has 2 aliphatic heterocycles. The first-order chi connectivity index (χ1) is 14.8. The Balaban J connectivity index is 1.30. The molecule has 2 saturated heterocycles. The summed E-state index contributed by atoms with van der Waals surface area (Å²) in [5.74, 6) is 3.89. The van der Waals surface area contributed by atoms with E-state index in [1.165, 1.54) is 16.9 Å². The molecular formula is C23H31N5OS. The molecule has 2 fully saturated rings. The lowest BCUT2D eigenvalue weighted by Crippen LogP contribution is -2.41. The predicted molar refractivity (Wildman–Crippen MR) is 124 cm³/mol. The summed E-state index contributed by atoms with van der Waals surface area (Å²) in [4.78, 5) is 15.3. The van der Waals surface area contributed by atoms with Crippen LogP contribution in [-0.2, 0) is 11.3 Å². The maximum Gasteiger partial charge on any atom is 0.193 e. The van der Waals surface area contributed by atoms with Gasteiger partial charge in [0.2, 0.25) is 0 Å². The average molecular weight is 426 g/mol. The highest BCUT2D eigenvalue weighted by Gasteiger charge is 2.25. The Kier molecular flexibility index (Phi) is 7.48. The highest BCUT2D eigenvalue weighted by molar-refractivity contribution is 7.99. The number of aliphatic imine (C=N–C) groups is 1. The van der Waals surface area contributed by atoms with Crippen molar-refractivity contribution in [2.75, 3.05) is 57.1 Å². The number of aromatic nitrogens is 1. The summed E-state index contributed by atoms with van der Waals surface area (Å²) in [6, 6.07) is 14.8. The lowest BCUT2D eigenvalue weighted by atomic mass is 10.2. The summed E-state index contributed by atoms with van der Waals surface area (Å²) in [5.41, 5.74) is 1.20. The fourth-order valence-electron chi connectivity index (χ4n) is 4.03. The summed E-state index contributed by atoms with van der Waals surface area (Å²) in [6.07, 6.45) is 3.09. The molecule has 2 aliphatic rings. The van der Waals surface area contributed by atoms with Gasteiger partial charge in [0, 0.05) is 62.2 Å². The first kappa shape index (κ1) is 21.0. The number of anilines is 1. The molecule has 6 nitrogen and oxygen atoms in total. The maximum atomic E-state index is 5.49. The number of likely N-dealkylation sites (tertiary alicyclic amines) is 1. The van der Waals surface area contributed by atoms with Crippen LogP contribution in [0.3, 0.4) is 0 Å². The third-order valence-corrected chi connectivity index (χ3v) is 6.88. The molecule has 0 radical (unpaired) electrons. The SMILES string of the molecule is CN=C(NCc1cccnc1N1CCOCC1)N1CCC(CSc2ccccc2)C1. The second-order valence-corrected chi connectivity index (χ2v) is 8.80. The highest BCUT2D eigenvalue weighted by Crippen LogP contribution is 2.26. The van der Waals surface area contributed by atoms with Gasteiger partial charge in [0.15, 0.2) is 5.96 Å². The number of rotatable bonds is 6. The topological polar surface area (TPSA) is 53.0 Å². The van der Waals surface area contributed by atoms with Gasteiger partial charge in [-0.15, -0.1) is 11.8 Å². The minimum atomic E-state index is 0.691. The van der Waals surface area contributed by atoms with Gasteiger partial charge in [-0.1, -0.05) is 24.3 Å². The normalized spacial score (nSPS) is 19.9. The maximum absolute atomic E-state index is 5.49. The third kappa shape index (κ3) is 5.46. The van der Waals surface area contributed by atoms with E-state index in [9.17, 15) is 0 Å². The Morgan fingerprint density at radius 3 is 2.80 bits per heavy atom. The van der Waals surface area contributed by atoms with Gasteiger partial charge in [-0.3, -0.25) is 4.99 Å². The van der Waals surface area contributed by atoms with E-state index in [0.717, 1.165) is 63.5 Å². The fraction of sp³-hybridized carbons (Fsp3) is 0.478. The Labute approximate surface area is 183 Å². The van der Waals surface area contributed by atoms with E-state index in [0.29, 0.717) is 5.92 Å². The number of pyridine rings is 1. The van der Waals surface area contributed by atoms with Crippen LogP contribution in [0, 0.1) is 5.92 Å². The van der Waals surface area contributed by atoms with Crippen LogP contribution in [0.5, 0.6) is 0 Å². The van der Waals surface area contributed by atoms with Gasteiger partial charge < -0.3 is 19.9 Å². The van der Waals surface area contributed by atoms with Gasteiger partial charge in [-0.2, -0.15) is 0 Å². The van der Waals surface area contributed by atoms with Crippen LogP contribution < -0.4 is 10.2 Å². The van der Waals surface area contributed by atoms with Gasteiger partial charge in [0.1, 0.15) is 5.82 Å². The highest BCUT2D eigenvalue weighted by atomic mass is 32.2. The van der Waals surface area contributed by atoms with Crippen molar-refractivity contribution in [2.24, 2.45) is 10.9 Å². The average Bonchev–Trinajstić information content (AvgIpc) is 3.28. The summed E-state index contributed by atoms with van der Waals surface area (Å²) in [5, 5.41) is 3.57. The standard InChI is InChI=1S/C23H31N5OS/c1-24-23(28-11-9-19(17-28)18-30-21-7-3-2-4-8-21)26-16-20-6-5-10-25-22(20)27-12-14-29-15-13-27/h2-8,10,19H,9,11-18H2,1H3,(H,24,26). The molecule has 1 unspecified atom stereocenters. The Morgan fingerprint density at radius 1 is 1.17 bits per heavy atom. The molecule has 2 aromatic rings. The second kappa shape index (κ2) is 10.7. The molecule has 1 atom stereocenters. The van der Waals surface area contributed by atoms with Crippen molar-refractivity contribution in [2.45, 2.75) is 17.9 Å². The van der Waals surface area contributed by atoms with Crippen molar-refractivity contribution in [3.05, 3.63) is 54.2 Å². The predicted octanol–water partition coefficient (Wildman–Crippen LogP) is 3.11. The van der Waals surface area contributed by atoms with Gasteiger partial charge in [-0.05, 0) is 30.5 Å². The Bertz CT molecular complexity index is 825. The summed E-state index contributed by atoms with van der Waals surface area (Å²) in [6.45, 7) is 6.17. The zero-order valence-corrected chi connectivity index (χ0v) is 18.5. The van der Waals surface area contributed by atoms with E-state index < -0.39 is 0 Å². The van der Waals surface area contributed by atoms with E-state index in [2.05, 4.69) is 61.5 Å². The van der Waals surface area contributed by atoms with Crippen LogP contribution in [0.4, 0.5) is 5.82 Å². The number of hydrogen-bond acceptors (Lipinski definition) is 5. The van der Waals surface area contributed by atoms with E-state index in [1.807, 2.05) is 31.1 Å². The van der Waals surface area contributed by atoms with Gasteiger partial charge >= 0.3 is 0 Å². The zero-order chi connectivity index (χ0) is 20.6. The van der Waals surface area contributed by atoms with Crippen LogP contribution >= 0.6 is 11.8 Å². The lowest BCUT2D eigenvalue weighted by Gasteiger charge is -2.30. The molecule has 1 aromatic heterocycles. The minimum absolute atomic E-state index is 0.691. The number of hydrogen-bond donors (Lipinski definition) is 1. The van der Waals surface area contributed by atoms with E-state index >= 15 is 0 Å². The smallest absolute Gasteiger partial charge is 0.193 e. The summed E-state index contributed by atoms with van der Waals surface area (Å²) in [7, 11) is 1.88. The molecule has 0 amide bonds. The van der Waals surface area contributed by atoms with E-state index in [1.54, 1.807) is 0 Å². The van der Waals surface area contributed by atoms with Crippen molar-refractivity contribution < 1.29 is 4.74 Å². The molecule has 7 heteroatoms. The molecule has 0 bridgehead atoms. The molecule has 3 heterocycles. The first-order valence-electron chi connectivity index (χ1n) is 10.7. The molecule has 1 N–H and O–H groups in total.